The van der Waals surface area contributed by atoms with Crippen LogP contribution in [0.3, 0.4) is 0 Å². The molecule has 7 nitrogen and oxygen atoms in total. The SMILES string of the molecule is COC(=O)N(Cc1cc(C(F)(F)F)cc(C(F)(F)F)c1)Cc1cc(C(F)(F)F)ccc1-c1cc(-c2nc(C)no2)ccc1OC. The molecule has 0 N–H and O–H groups in total. The number of hydrogen-bond donors (Lipinski definition) is 0. The fraction of sp³-hybridized carbons (Fsp3) is 0.276. The molecule has 240 valence electrons. The Kier molecular flexibility index (Phi) is 9.07. The van der Waals surface area contributed by atoms with Crippen LogP contribution >= 0.6 is 0 Å². The molecule has 0 unspecified atom stereocenters. The van der Waals surface area contributed by atoms with Crippen molar-refractivity contribution in [1.82, 2.24) is 15.0 Å². The summed E-state index contributed by atoms with van der Waals surface area (Å²) >= 11 is 0. The minimum absolute atomic E-state index is 0.0751. The Hall–Kier alpha value is -4.76. The number of carbonyl (C=O) groups is 1. The van der Waals surface area contributed by atoms with Crippen LogP contribution in [-0.2, 0) is 36.4 Å². The van der Waals surface area contributed by atoms with Gasteiger partial charge in [-0.05, 0) is 72.1 Å². The summed E-state index contributed by atoms with van der Waals surface area (Å²) in [5.74, 6) is 0.550. The molecule has 0 spiro atoms. The number of amides is 1. The smallest absolute Gasteiger partial charge is 0.416 e. The predicted molar refractivity (Wildman–Crippen MR) is 140 cm³/mol. The van der Waals surface area contributed by atoms with E-state index in [2.05, 4.69) is 14.9 Å². The van der Waals surface area contributed by atoms with E-state index in [0.29, 0.717) is 34.5 Å². The highest BCUT2D eigenvalue weighted by atomic mass is 19.4. The highest BCUT2D eigenvalue weighted by molar-refractivity contribution is 5.78. The van der Waals surface area contributed by atoms with Crippen LogP contribution in [0.5, 0.6) is 5.75 Å². The average Bonchev–Trinajstić information content (AvgIpc) is 3.40. The summed E-state index contributed by atoms with van der Waals surface area (Å²) in [6.07, 6.45) is -16.4. The lowest BCUT2D eigenvalue weighted by atomic mass is 9.94. The number of halogens is 9. The molecule has 0 bridgehead atoms. The van der Waals surface area contributed by atoms with Crippen molar-refractivity contribution < 1.29 is 58.3 Å². The Morgan fingerprint density at radius 1 is 0.778 bits per heavy atom. The first-order chi connectivity index (χ1) is 20.9. The Bertz CT molecular complexity index is 1660. The maximum Gasteiger partial charge on any atom is 0.416 e. The third-order valence-corrected chi connectivity index (χ3v) is 6.51. The lowest BCUT2D eigenvalue weighted by Crippen LogP contribution is -2.30. The van der Waals surface area contributed by atoms with Gasteiger partial charge in [0.2, 0.25) is 0 Å². The van der Waals surface area contributed by atoms with E-state index in [-0.39, 0.29) is 34.4 Å². The minimum atomic E-state index is -5.17. The number of carbonyl (C=O) groups excluding carboxylic acids is 1. The van der Waals surface area contributed by atoms with Gasteiger partial charge in [-0.15, -0.1) is 0 Å². The summed E-state index contributed by atoms with van der Waals surface area (Å²) in [5.41, 5.74) is -4.52. The molecule has 0 aliphatic rings. The summed E-state index contributed by atoms with van der Waals surface area (Å²) in [5, 5.41) is 3.70. The zero-order valence-electron chi connectivity index (χ0n) is 23.5. The number of nitrogens with zero attached hydrogens (tertiary/aromatic N) is 3. The number of benzene rings is 3. The van der Waals surface area contributed by atoms with E-state index in [1.165, 1.54) is 19.2 Å². The summed E-state index contributed by atoms with van der Waals surface area (Å²) in [4.78, 5) is 17.6. The Balaban J connectivity index is 1.86. The molecule has 3 aromatic carbocycles. The number of hydrogen-bond acceptors (Lipinski definition) is 6. The van der Waals surface area contributed by atoms with Crippen LogP contribution < -0.4 is 4.74 Å². The Labute approximate surface area is 249 Å². The molecule has 4 aromatic rings. The monoisotopic (exact) mass is 647 g/mol. The normalized spacial score (nSPS) is 12.3. The lowest BCUT2D eigenvalue weighted by Gasteiger charge is -2.25. The average molecular weight is 647 g/mol. The third-order valence-electron chi connectivity index (χ3n) is 6.51. The van der Waals surface area contributed by atoms with E-state index in [4.69, 9.17) is 9.26 Å². The van der Waals surface area contributed by atoms with Gasteiger partial charge < -0.3 is 14.0 Å². The lowest BCUT2D eigenvalue weighted by molar-refractivity contribution is -0.143. The van der Waals surface area contributed by atoms with Crippen molar-refractivity contribution in [3.05, 3.63) is 88.2 Å². The number of alkyl halides is 9. The van der Waals surface area contributed by atoms with Gasteiger partial charge in [0.25, 0.3) is 5.89 Å². The summed E-state index contributed by atoms with van der Waals surface area (Å²) < 4.78 is 137. The fourth-order valence-electron chi connectivity index (χ4n) is 4.48. The molecular weight excluding hydrogens is 625 g/mol. The molecule has 0 atom stereocenters. The van der Waals surface area contributed by atoms with Gasteiger partial charge in [-0.2, -0.15) is 44.5 Å². The van der Waals surface area contributed by atoms with Gasteiger partial charge >= 0.3 is 24.6 Å². The molecule has 1 heterocycles. The van der Waals surface area contributed by atoms with Crippen molar-refractivity contribution in [2.45, 2.75) is 38.5 Å². The molecule has 16 heteroatoms. The number of aryl methyl sites for hydroxylation is 1. The van der Waals surface area contributed by atoms with Crippen LogP contribution in [0.15, 0.2) is 59.1 Å². The Morgan fingerprint density at radius 3 is 1.91 bits per heavy atom. The van der Waals surface area contributed by atoms with Gasteiger partial charge in [0, 0.05) is 24.2 Å². The van der Waals surface area contributed by atoms with Crippen molar-refractivity contribution in [3.8, 4) is 28.3 Å². The standard InChI is InChI=1S/C29H22F9N3O4/c1-15-39-25(45-40-15)17-4-7-24(43-2)23(11-17)22-6-5-19(27(30,31)32)10-18(22)14-41(26(42)44-3)13-16-8-20(28(33,34)35)12-21(9-16)29(36,37)38/h4-12H,13-14H2,1-3H3. The number of ether oxygens (including phenoxy) is 2. The second kappa shape index (κ2) is 12.3. The maximum atomic E-state index is 13.8. The number of methoxy groups -OCH3 is 2. The van der Waals surface area contributed by atoms with E-state index < -0.39 is 60.0 Å². The zero-order valence-corrected chi connectivity index (χ0v) is 23.5. The first-order valence-electron chi connectivity index (χ1n) is 12.7. The van der Waals surface area contributed by atoms with E-state index in [9.17, 15) is 44.3 Å². The van der Waals surface area contributed by atoms with Crippen molar-refractivity contribution in [2.75, 3.05) is 14.2 Å². The van der Waals surface area contributed by atoms with Crippen LogP contribution in [0.4, 0.5) is 44.3 Å². The van der Waals surface area contributed by atoms with Crippen LogP contribution in [0.25, 0.3) is 22.6 Å². The number of rotatable bonds is 7. The first kappa shape index (κ1) is 33.1. The quantitative estimate of drug-likeness (QED) is 0.187. The van der Waals surface area contributed by atoms with Gasteiger partial charge in [-0.3, -0.25) is 4.90 Å². The van der Waals surface area contributed by atoms with Gasteiger partial charge in [-0.25, -0.2) is 4.79 Å². The highest BCUT2D eigenvalue weighted by Gasteiger charge is 2.37. The maximum absolute atomic E-state index is 13.8. The predicted octanol–water partition coefficient (Wildman–Crippen LogP) is 8.55. The van der Waals surface area contributed by atoms with Gasteiger partial charge in [0.05, 0.1) is 30.9 Å². The zero-order chi connectivity index (χ0) is 33.3. The fourth-order valence-corrected chi connectivity index (χ4v) is 4.48. The Morgan fingerprint density at radius 2 is 1.40 bits per heavy atom. The second-order valence-electron chi connectivity index (χ2n) is 9.67. The molecule has 0 saturated heterocycles. The van der Waals surface area contributed by atoms with Gasteiger partial charge in [-0.1, -0.05) is 11.2 Å². The van der Waals surface area contributed by atoms with Gasteiger partial charge in [0.1, 0.15) is 5.75 Å². The molecule has 0 radical (unpaired) electrons. The topological polar surface area (TPSA) is 77.7 Å². The van der Waals surface area contributed by atoms with Crippen LogP contribution in [-0.4, -0.2) is 35.4 Å². The summed E-state index contributed by atoms with van der Waals surface area (Å²) in [6.45, 7) is -0.0424. The van der Waals surface area contributed by atoms with Crippen LogP contribution in [0.2, 0.25) is 0 Å². The largest absolute Gasteiger partial charge is 0.496 e. The summed E-state index contributed by atoms with van der Waals surface area (Å²) in [7, 11) is 2.19. The molecule has 0 saturated carbocycles. The van der Waals surface area contributed by atoms with Crippen molar-refractivity contribution in [2.24, 2.45) is 0 Å². The van der Waals surface area contributed by atoms with E-state index in [0.717, 1.165) is 19.2 Å². The summed E-state index contributed by atoms with van der Waals surface area (Å²) in [6, 6.07) is 7.82. The minimum Gasteiger partial charge on any atom is -0.496 e. The van der Waals surface area contributed by atoms with E-state index in [1.54, 1.807) is 13.0 Å². The molecule has 0 fully saturated rings. The molecule has 4 rings (SSSR count). The van der Waals surface area contributed by atoms with Crippen molar-refractivity contribution in [3.63, 3.8) is 0 Å². The molecule has 0 aliphatic carbocycles. The van der Waals surface area contributed by atoms with Crippen LogP contribution in [0, 0.1) is 6.92 Å². The molecule has 0 aliphatic heterocycles. The highest BCUT2D eigenvalue weighted by Crippen LogP contribution is 2.40. The van der Waals surface area contributed by atoms with Crippen molar-refractivity contribution >= 4 is 6.09 Å². The molecule has 45 heavy (non-hydrogen) atoms. The third kappa shape index (κ3) is 7.67. The molecule has 1 aromatic heterocycles. The van der Waals surface area contributed by atoms with Crippen molar-refractivity contribution in [1.29, 1.82) is 0 Å². The second-order valence-corrected chi connectivity index (χ2v) is 9.67. The van der Waals surface area contributed by atoms with Gasteiger partial charge in [0.15, 0.2) is 5.82 Å². The first-order valence-corrected chi connectivity index (χ1v) is 12.7. The van der Waals surface area contributed by atoms with E-state index >= 15 is 0 Å². The number of aromatic nitrogens is 2. The molecule has 1 amide bonds. The molecular formula is C29H22F9N3O4. The van der Waals surface area contributed by atoms with E-state index in [1.807, 2.05) is 0 Å². The van der Waals surface area contributed by atoms with Crippen LogP contribution in [0.1, 0.15) is 33.6 Å².